The third-order valence-electron chi connectivity index (χ3n) is 7.60. The van der Waals surface area contributed by atoms with Gasteiger partial charge in [-0.25, -0.2) is 4.98 Å². The van der Waals surface area contributed by atoms with E-state index in [1.807, 2.05) is 12.1 Å². The van der Waals surface area contributed by atoms with E-state index < -0.39 is 6.10 Å². The minimum atomic E-state index is -0.915. The molecule has 1 fully saturated rings. The van der Waals surface area contributed by atoms with Gasteiger partial charge in [-0.2, -0.15) is 18.5 Å². The SMILES string of the molecule is COc1cc2nc(NC[C@H](O)CO)nc(NC3CCN(Cc4c(OCCN(C)C)cccc4N(C)C)CC3)c2cc1OC.S. The number of likely N-dealkylation sites (tertiary alicyclic amines) is 1. The highest BCUT2D eigenvalue weighted by molar-refractivity contribution is 7.59. The van der Waals surface area contributed by atoms with Gasteiger partial charge in [0.25, 0.3) is 0 Å². The Hall–Kier alpha value is -3.23. The van der Waals surface area contributed by atoms with Gasteiger partial charge in [0.2, 0.25) is 5.95 Å². The molecule has 0 bridgehead atoms. The minimum absolute atomic E-state index is 0. The molecule has 1 atom stereocenters. The lowest BCUT2D eigenvalue weighted by molar-refractivity contribution is 0.105. The van der Waals surface area contributed by atoms with Gasteiger partial charge in [-0.1, -0.05) is 6.07 Å². The van der Waals surface area contributed by atoms with Crippen molar-refractivity contribution in [3.63, 3.8) is 0 Å². The van der Waals surface area contributed by atoms with E-state index in [2.05, 4.69) is 76.7 Å². The Kier molecular flexibility index (Phi) is 13.4. The van der Waals surface area contributed by atoms with Gasteiger partial charge in [-0.15, -0.1) is 0 Å². The van der Waals surface area contributed by atoms with Gasteiger partial charge in [-0.3, -0.25) is 4.90 Å². The standard InChI is InChI=1S/C31H47N7O5.H2S/c1-36(2)14-15-43-27-9-7-8-26(37(3)4)24(27)19-38-12-10-21(11-13-38)33-30-23-16-28(41-5)29(42-6)17-25(23)34-31(35-30)32-18-22(40)20-39;/h7-9,16-17,21-22,39-40H,10-15,18-20H2,1-6H3,(H2,32,33,34,35);1H2/t22-;/m0./s1. The van der Waals surface area contributed by atoms with Crippen LogP contribution in [0.2, 0.25) is 0 Å². The molecule has 2 heterocycles. The predicted octanol–water partition coefficient (Wildman–Crippen LogP) is 2.61. The summed E-state index contributed by atoms with van der Waals surface area (Å²) < 4.78 is 17.3. The number of likely N-dealkylation sites (N-methyl/N-ethyl adjacent to an activating group) is 1. The number of aromatic nitrogens is 2. The maximum Gasteiger partial charge on any atom is 0.225 e. The topological polar surface area (TPSA) is 128 Å². The largest absolute Gasteiger partial charge is 0.493 e. The highest BCUT2D eigenvalue weighted by atomic mass is 32.1. The molecule has 244 valence electrons. The van der Waals surface area contributed by atoms with E-state index in [0.29, 0.717) is 35.4 Å². The van der Waals surface area contributed by atoms with Gasteiger partial charge in [0.15, 0.2) is 11.5 Å². The number of hydrogen-bond acceptors (Lipinski definition) is 12. The van der Waals surface area contributed by atoms with Gasteiger partial charge in [0, 0.05) is 75.6 Å². The first-order valence-electron chi connectivity index (χ1n) is 14.7. The van der Waals surface area contributed by atoms with Crippen molar-refractivity contribution in [2.75, 3.05) is 97.3 Å². The zero-order valence-electron chi connectivity index (χ0n) is 26.8. The van der Waals surface area contributed by atoms with Crippen molar-refractivity contribution in [3.8, 4) is 17.2 Å². The van der Waals surface area contributed by atoms with Crippen molar-refractivity contribution >= 4 is 41.9 Å². The van der Waals surface area contributed by atoms with Crippen LogP contribution in [0, 0.1) is 0 Å². The molecule has 1 aliphatic rings. The number of methoxy groups -OCH3 is 2. The van der Waals surface area contributed by atoms with Crippen molar-refractivity contribution in [1.29, 1.82) is 0 Å². The zero-order valence-corrected chi connectivity index (χ0v) is 27.8. The van der Waals surface area contributed by atoms with Crippen LogP contribution in [0.25, 0.3) is 10.9 Å². The maximum atomic E-state index is 9.84. The van der Waals surface area contributed by atoms with E-state index in [1.54, 1.807) is 14.2 Å². The number of rotatable bonds is 15. The lowest BCUT2D eigenvalue weighted by atomic mass is 10.0. The van der Waals surface area contributed by atoms with Crippen molar-refractivity contribution in [1.82, 2.24) is 19.8 Å². The summed E-state index contributed by atoms with van der Waals surface area (Å²) in [7, 11) is 11.4. The lowest BCUT2D eigenvalue weighted by Gasteiger charge is -2.34. The Morgan fingerprint density at radius 1 is 1.02 bits per heavy atom. The molecule has 2 aromatic carbocycles. The van der Waals surface area contributed by atoms with E-state index >= 15 is 0 Å². The van der Waals surface area contributed by atoms with Crippen molar-refractivity contribution in [2.24, 2.45) is 0 Å². The number of fused-ring (bicyclic) bond motifs is 1. The minimum Gasteiger partial charge on any atom is -0.493 e. The Balaban J connectivity index is 0.00000529. The molecule has 0 aliphatic carbocycles. The summed E-state index contributed by atoms with van der Waals surface area (Å²) in [5.74, 6) is 3.14. The van der Waals surface area contributed by atoms with Crippen LogP contribution in [0.5, 0.6) is 17.2 Å². The fourth-order valence-corrected chi connectivity index (χ4v) is 5.18. The molecule has 0 radical (unpaired) electrons. The summed E-state index contributed by atoms with van der Waals surface area (Å²) in [6, 6.07) is 10.2. The van der Waals surface area contributed by atoms with Crippen molar-refractivity contribution in [2.45, 2.75) is 31.5 Å². The monoisotopic (exact) mass is 631 g/mol. The Bertz CT molecular complexity index is 1340. The third kappa shape index (κ3) is 9.14. The van der Waals surface area contributed by atoms with Crippen LogP contribution in [0.15, 0.2) is 30.3 Å². The van der Waals surface area contributed by atoms with Gasteiger partial charge in [0.05, 0.1) is 32.4 Å². The Labute approximate surface area is 267 Å². The molecule has 1 saturated heterocycles. The Morgan fingerprint density at radius 3 is 2.36 bits per heavy atom. The quantitative estimate of drug-likeness (QED) is 0.197. The van der Waals surface area contributed by atoms with Crippen LogP contribution in [0.3, 0.4) is 0 Å². The van der Waals surface area contributed by atoms with Crippen LogP contribution < -0.4 is 29.7 Å². The fraction of sp³-hybridized carbons (Fsp3) is 0.548. The molecular weight excluding hydrogens is 582 g/mol. The molecule has 0 spiro atoms. The third-order valence-corrected chi connectivity index (χ3v) is 7.60. The second-order valence-corrected chi connectivity index (χ2v) is 11.3. The number of anilines is 3. The average Bonchev–Trinajstić information content (AvgIpc) is 3.00. The predicted molar refractivity (Wildman–Crippen MR) is 181 cm³/mol. The van der Waals surface area contributed by atoms with Gasteiger partial charge >= 0.3 is 0 Å². The average molecular weight is 632 g/mol. The molecule has 3 aromatic rings. The van der Waals surface area contributed by atoms with E-state index in [1.165, 1.54) is 11.3 Å². The number of aliphatic hydroxyl groups is 2. The molecular formula is C31H49N7O5S. The molecule has 4 rings (SSSR count). The molecule has 12 nitrogen and oxygen atoms in total. The van der Waals surface area contributed by atoms with Crippen molar-refractivity contribution in [3.05, 3.63) is 35.9 Å². The second kappa shape index (κ2) is 16.7. The van der Waals surface area contributed by atoms with E-state index in [0.717, 1.165) is 50.2 Å². The first kappa shape index (κ1) is 35.3. The summed E-state index contributed by atoms with van der Waals surface area (Å²) in [6.45, 7) is 3.93. The lowest BCUT2D eigenvalue weighted by Crippen LogP contribution is -2.39. The summed E-state index contributed by atoms with van der Waals surface area (Å²) in [5.41, 5.74) is 3.06. The Morgan fingerprint density at radius 2 is 1.73 bits per heavy atom. The van der Waals surface area contributed by atoms with Crippen LogP contribution in [-0.4, -0.2) is 124 Å². The molecule has 1 aromatic heterocycles. The summed E-state index contributed by atoms with van der Waals surface area (Å²) in [5, 5.41) is 26.6. The number of piperidine rings is 1. The number of benzene rings is 2. The molecule has 0 unspecified atom stereocenters. The van der Waals surface area contributed by atoms with E-state index in [4.69, 9.17) is 19.2 Å². The smallest absolute Gasteiger partial charge is 0.225 e. The van der Waals surface area contributed by atoms with E-state index in [9.17, 15) is 10.2 Å². The van der Waals surface area contributed by atoms with Crippen LogP contribution in [0.4, 0.5) is 17.5 Å². The highest BCUT2D eigenvalue weighted by Gasteiger charge is 2.24. The number of nitrogens with one attached hydrogen (secondary N) is 2. The molecule has 0 saturated carbocycles. The van der Waals surface area contributed by atoms with E-state index in [-0.39, 0.29) is 32.7 Å². The van der Waals surface area contributed by atoms with Gasteiger partial charge < -0.3 is 44.9 Å². The molecule has 13 heteroatoms. The van der Waals surface area contributed by atoms with Crippen LogP contribution >= 0.6 is 13.5 Å². The normalized spacial score (nSPS) is 14.7. The maximum absolute atomic E-state index is 9.84. The number of hydrogen-bond donors (Lipinski definition) is 4. The first-order valence-corrected chi connectivity index (χ1v) is 14.7. The van der Waals surface area contributed by atoms with Gasteiger partial charge in [-0.05, 0) is 45.1 Å². The van der Waals surface area contributed by atoms with Crippen LogP contribution in [-0.2, 0) is 6.54 Å². The van der Waals surface area contributed by atoms with Crippen LogP contribution in [0.1, 0.15) is 18.4 Å². The number of aliphatic hydroxyl groups excluding tert-OH is 2. The number of ether oxygens (including phenoxy) is 3. The number of nitrogens with zero attached hydrogens (tertiary/aromatic N) is 5. The summed E-state index contributed by atoms with van der Waals surface area (Å²) >= 11 is 0. The van der Waals surface area contributed by atoms with Crippen molar-refractivity contribution < 1.29 is 24.4 Å². The molecule has 0 amide bonds. The molecule has 4 N–H and O–H groups in total. The second-order valence-electron chi connectivity index (χ2n) is 11.3. The summed E-state index contributed by atoms with van der Waals surface area (Å²) in [4.78, 5) is 16.1. The summed E-state index contributed by atoms with van der Waals surface area (Å²) in [6.07, 6.45) is 0.958. The fourth-order valence-electron chi connectivity index (χ4n) is 5.18. The first-order chi connectivity index (χ1) is 20.7. The zero-order chi connectivity index (χ0) is 30.9. The highest BCUT2D eigenvalue weighted by Crippen LogP contribution is 2.36. The van der Waals surface area contributed by atoms with Gasteiger partial charge in [0.1, 0.15) is 18.2 Å². The molecule has 44 heavy (non-hydrogen) atoms. The molecule has 1 aliphatic heterocycles.